The Bertz CT molecular complexity index is 630. The zero-order chi connectivity index (χ0) is 25.6. The van der Waals surface area contributed by atoms with E-state index in [1.807, 2.05) is 37.3 Å². The van der Waals surface area contributed by atoms with Crippen LogP contribution in [-0.2, 0) is 25.8 Å². The molecule has 0 aromatic heterocycles. The van der Waals surface area contributed by atoms with E-state index in [9.17, 15) is 9.59 Å². The van der Waals surface area contributed by atoms with Gasteiger partial charge in [0.25, 0.3) is 0 Å². The van der Waals surface area contributed by atoms with Gasteiger partial charge in [-0.25, -0.2) is 19.3 Å². The summed E-state index contributed by atoms with van der Waals surface area (Å²) in [6.45, 7) is 7.23. The van der Waals surface area contributed by atoms with Gasteiger partial charge in [-0.15, -0.1) is 0 Å². The molecule has 0 aliphatic rings. The van der Waals surface area contributed by atoms with Crippen LogP contribution in [0.15, 0.2) is 30.3 Å². The highest BCUT2D eigenvalue weighted by atomic mass is 17.0. The van der Waals surface area contributed by atoms with Crippen LogP contribution in [0.2, 0.25) is 0 Å². The Morgan fingerprint density at radius 3 is 1.46 bits per heavy atom. The second-order valence-corrected chi connectivity index (χ2v) is 9.85. The first-order chi connectivity index (χ1) is 17.0. The fourth-order valence-electron chi connectivity index (χ4n) is 4.37. The molecule has 0 saturated heterocycles. The van der Waals surface area contributed by atoms with Gasteiger partial charge in [0, 0.05) is 12.0 Å². The van der Waals surface area contributed by atoms with Crippen LogP contribution in [0.5, 0.6) is 0 Å². The Balaban J connectivity index is 2.65. The van der Waals surface area contributed by atoms with Crippen molar-refractivity contribution in [2.45, 2.75) is 136 Å². The lowest BCUT2D eigenvalue weighted by Crippen LogP contribution is -2.50. The van der Waals surface area contributed by atoms with E-state index in [0.29, 0.717) is 25.9 Å². The lowest BCUT2D eigenvalue weighted by atomic mass is 10.1. The van der Waals surface area contributed by atoms with Crippen molar-refractivity contribution in [1.29, 1.82) is 0 Å². The lowest BCUT2D eigenvalue weighted by molar-refractivity contribution is -1.23. The minimum Gasteiger partial charge on any atom is -0.245 e. The fraction of sp³-hybridized carbons (Fsp3) is 0.733. The van der Waals surface area contributed by atoms with Crippen molar-refractivity contribution in [3.05, 3.63) is 35.9 Å². The molecule has 0 unspecified atom stereocenters. The molecule has 5 nitrogen and oxygen atoms in total. The zero-order valence-electron chi connectivity index (χ0n) is 22.9. The molecule has 0 heterocycles. The highest BCUT2D eigenvalue weighted by Gasteiger charge is 2.38. The molecule has 0 bridgehead atoms. The summed E-state index contributed by atoms with van der Waals surface area (Å²) in [6.07, 6.45) is 17.5. The molecule has 0 N–H and O–H groups in total. The third-order valence-corrected chi connectivity index (χ3v) is 6.34. The predicted octanol–water partition coefficient (Wildman–Crippen LogP) is 8.61. The van der Waals surface area contributed by atoms with Crippen molar-refractivity contribution in [3.63, 3.8) is 0 Å². The Labute approximate surface area is 215 Å². The molecule has 1 aromatic carbocycles. The summed E-state index contributed by atoms with van der Waals surface area (Å²) in [4.78, 5) is 37.0. The molecule has 0 aliphatic heterocycles. The van der Waals surface area contributed by atoms with Crippen molar-refractivity contribution in [2.24, 2.45) is 0 Å². The van der Waals surface area contributed by atoms with Gasteiger partial charge in [-0.3, -0.25) is 0 Å². The van der Waals surface area contributed by atoms with E-state index >= 15 is 0 Å². The van der Waals surface area contributed by atoms with Crippen molar-refractivity contribution in [2.75, 3.05) is 6.54 Å². The first-order valence-corrected chi connectivity index (χ1v) is 14.4. The Kier molecular flexibility index (Phi) is 18.1. The standard InChI is InChI=1S/C30H52NO4/c1-4-7-9-11-13-15-20-24-29(32)34-31(26-6-3,27-28-22-18-17-19-23-28)35-30(33)25-21-16-14-12-10-8-5-2/h17-19,22-23H,4-16,20-21,24-27H2,1-3H3/q+1. The number of hydroxylamine groups is 4. The quantitative estimate of drug-likeness (QED) is 0.0927. The summed E-state index contributed by atoms with van der Waals surface area (Å²) in [5.41, 5.74) is 0.980. The molecule has 0 radical (unpaired) electrons. The summed E-state index contributed by atoms with van der Waals surface area (Å²) in [7, 11) is 0. The van der Waals surface area contributed by atoms with Gasteiger partial charge < -0.3 is 0 Å². The van der Waals surface area contributed by atoms with Crippen LogP contribution in [-0.4, -0.2) is 23.3 Å². The van der Waals surface area contributed by atoms with Crippen LogP contribution in [0.25, 0.3) is 0 Å². The van der Waals surface area contributed by atoms with Crippen molar-refractivity contribution >= 4 is 11.9 Å². The molecule has 200 valence electrons. The van der Waals surface area contributed by atoms with Crippen LogP contribution < -0.4 is 0 Å². The van der Waals surface area contributed by atoms with Crippen molar-refractivity contribution in [3.8, 4) is 0 Å². The Morgan fingerprint density at radius 1 is 0.600 bits per heavy atom. The van der Waals surface area contributed by atoms with Crippen molar-refractivity contribution < 1.29 is 24.1 Å². The van der Waals surface area contributed by atoms with Crippen LogP contribution >= 0.6 is 0 Å². The summed E-state index contributed by atoms with van der Waals surface area (Å²) >= 11 is 0. The number of carbonyl (C=O) groups excluding carboxylic acids is 2. The lowest BCUT2D eigenvalue weighted by Gasteiger charge is -2.30. The summed E-state index contributed by atoms with van der Waals surface area (Å²) < 4.78 is 0. The SMILES string of the molecule is CCCCCCCCCC(=O)O[N+](CCC)(Cc1ccccc1)OC(=O)CCCCCCCCC. The van der Waals surface area contributed by atoms with Gasteiger partial charge in [0.1, 0.15) is 0 Å². The number of quaternary nitrogens is 1. The van der Waals surface area contributed by atoms with Gasteiger partial charge >= 0.3 is 11.9 Å². The monoisotopic (exact) mass is 490 g/mol. The average molecular weight is 491 g/mol. The Morgan fingerprint density at radius 2 is 1.03 bits per heavy atom. The predicted molar refractivity (Wildman–Crippen MR) is 143 cm³/mol. The molecule has 0 saturated carbocycles. The van der Waals surface area contributed by atoms with Crippen molar-refractivity contribution in [1.82, 2.24) is 0 Å². The third-order valence-electron chi connectivity index (χ3n) is 6.34. The van der Waals surface area contributed by atoms with Crippen LogP contribution in [0, 0.1) is 0 Å². The second-order valence-electron chi connectivity index (χ2n) is 9.85. The van der Waals surface area contributed by atoms with Gasteiger partial charge in [-0.05, 0) is 12.8 Å². The molecule has 0 spiro atoms. The summed E-state index contributed by atoms with van der Waals surface area (Å²) in [5.74, 6) is -0.571. The number of benzene rings is 1. The smallest absolute Gasteiger partial charge is 0.245 e. The highest BCUT2D eigenvalue weighted by molar-refractivity contribution is 5.69. The number of carbonyl (C=O) groups is 2. The number of hydrogen-bond donors (Lipinski definition) is 0. The first kappa shape index (κ1) is 31.2. The first-order valence-electron chi connectivity index (χ1n) is 14.4. The van der Waals surface area contributed by atoms with E-state index in [2.05, 4.69) is 13.8 Å². The molecule has 35 heavy (non-hydrogen) atoms. The van der Waals surface area contributed by atoms with Crippen LogP contribution in [0.1, 0.15) is 135 Å². The van der Waals surface area contributed by atoms with E-state index in [4.69, 9.17) is 9.68 Å². The topological polar surface area (TPSA) is 52.6 Å². The van der Waals surface area contributed by atoms with Gasteiger partial charge in [0.15, 0.2) is 13.1 Å². The molecule has 0 amide bonds. The summed E-state index contributed by atoms with van der Waals surface area (Å²) in [6, 6.07) is 9.83. The van der Waals surface area contributed by atoms with Gasteiger partial charge in [-0.2, -0.15) is 0 Å². The normalized spacial score (nSPS) is 11.4. The van der Waals surface area contributed by atoms with E-state index in [1.54, 1.807) is 0 Å². The zero-order valence-corrected chi connectivity index (χ0v) is 22.9. The largest absolute Gasteiger partial charge is 0.372 e. The van der Waals surface area contributed by atoms with E-state index < -0.39 is 4.81 Å². The molecule has 0 aliphatic carbocycles. The Hall–Kier alpha value is -1.88. The number of nitrogens with zero attached hydrogens (tertiary/aromatic N) is 1. The van der Waals surface area contributed by atoms with Gasteiger partial charge in [0.05, 0.1) is 17.7 Å². The van der Waals surface area contributed by atoms with E-state index in [0.717, 1.165) is 50.5 Å². The van der Waals surface area contributed by atoms with Crippen LogP contribution in [0.4, 0.5) is 0 Å². The third kappa shape index (κ3) is 15.7. The average Bonchev–Trinajstić information content (AvgIpc) is 2.83. The molecular formula is C30H52NO4+. The molecule has 0 atom stereocenters. The maximum atomic E-state index is 12.8. The number of unbranched alkanes of at least 4 members (excludes halogenated alkanes) is 12. The molecule has 0 fully saturated rings. The molecular weight excluding hydrogens is 438 g/mol. The van der Waals surface area contributed by atoms with E-state index in [1.165, 1.54) is 51.4 Å². The highest BCUT2D eigenvalue weighted by Crippen LogP contribution is 2.21. The molecule has 5 heteroatoms. The molecule has 1 aromatic rings. The summed E-state index contributed by atoms with van der Waals surface area (Å²) in [5, 5.41) is 0. The van der Waals surface area contributed by atoms with Crippen LogP contribution in [0.3, 0.4) is 0 Å². The second kappa shape index (κ2) is 20.3. The number of hydrogen-bond acceptors (Lipinski definition) is 4. The fourth-order valence-corrected chi connectivity index (χ4v) is 4.37. The maximum Gasteiger partial charge on any atom is 0.372 e. The number of rotatable bonds is 22. The van der Waals surface area contributed by atoms with E-state index in [-0.39, 0.29) is 11.9 Å². The molecule has 1 rings (SSSR count). The van der Waals surface area contributed by atoms with Gasteiger partial charge in [0.2, 0.25) is 0 Å². The minimum absolute atomic E-state index is 0.285. The maximum absolute atomic E-state index is 12.8. The van der Waals surface area contributed by atoms with Gasteiger partial charge in [-0.1, -0.05) is 128 Å². The minimum atomic E-state index is -0.398.